The molecule has 0 radical (unpaired) electrons. The molecule has 2 aromatic rings. The van der Waals surface area contributed by atoms with Crippen molar-refractivity contribution in [1.29, 1.82) is 0 Å². The fourth-order valence-electron chi connectivity index (χ4n) is 3.89. The predicted octanol–water partition coefficient (Wildman–Crippen LogP) is 2.88. The van der Waals surface area contributed by atoms with E-state index in [1.165, 1.54) is 17.0 Å². The zero-order chi connectivity index (χ0) is 24.6. The van der Waals surface area contributed by atoms with Gasteiger partial charge in [0.15, 0.2) is 0 Å². The second kappa shape index (κ2) is 9.05. The molecule has 9 heteroatoms. The van der Waals surface area contributed by atoms with Crippen LogP contribution in [0.3, 0.4) is 0 Å². The van der Waals surface area contributed by atoms with Gasteiger partial charge in [-0.2, -0.15) is 0 Å². The zero-order valence-corrected chi connectivity index (χ0v) is 20.7. The maximum Gasteiger partial charge on any atom is 0.253 e. The highest BCUT2D eigenvalue weighted by atomic mass is 32.2. The smallest absolute Gasteiger partial charge is 0.253 e. The molecule has 0 bridgehead atoms. The van der Waals surface area contributed by atoms with Gasteiger partial charge in [-0.05, 0) is 56.7 Å². The van der Waals surface area contributed by atoms with Crippen molar-refractivity contribution in [2.45, 2.75) is 38.8 Å². The van der Waals surface area contributed by atoms with Crippen molar-refractivity contribution in [3.63, 3.8) is 0 Å². The zero-order valence-electron chi connectivity index (χ0n) is 19.9. The van der Waals surface area contributed by atoms with E-state index in [0.717, 1.165) is 27.4 Å². The summed E-state index contributed by atoms with van der Waals surface area (Å²) in [6.07, 6.45) is 1.60. The molecule has 33 heavy (non-hydrogen) atoms. The van der Waals surface area contributed by atoms with E-state index >= 15 is 0 Å². The molecule has 1 N–H and O–H groups in total. The van der Waals surface area contributed by atoms with E-state index in [1.54, 1.807) is 26.2 Å². The van der Waals surface area contributed by atoms with E-state index < -0.39 is 21.5 Å². The predicted molar refractivity (Wildman–Crippen MR) is 128 cm³/mol. The molecule has 3 rings (SSSR count). The maximum absolute atomic E-state index is 13.0. The van der Waals surface area contributed by atoms with Crippen molar-refractivity contribution in [2.75, 3.05) is 31.2 Å². The number of benzene rings is 2. The van der Waals surface area contributed by atoms with Crippen molar-refractivity contribution in [3.05, 3.63) is 59.2 Å². The van der Waals surface area contributed by atoms with Crippen LogP contribution in [0.5, 0.6) is 5.75 Å². The van der Waals surface area contributed by atoms with E-state index in [2.05, 4.69) is 5.32 Å². The minimum atomic E-state index is -3.74. The number of amides is 2. The molecule has 1 heterocycles. The maximum atomic E-state index is 13.0. The number of ether oxygens (including phenoxy) is 1. The van der Waals surface area contributed by atoms with Gasteiger partial charge in [0.2, 0.25) is 15.9 Å². The van der Waals surface area contributed by atoms with E-state index in [4.69, 9.17) is 4.74 Å². The Morgan fingerprint density at radius 2 is 1.76 bits per heavy atom. The molecule has 1 atom stereocenters. The third-order valence-electron chi connectivity index (χ3n) is 5.46. The molecule has 1 aliphatic heterocycles. The summed E-state index contributed by atoms with van der Waals surface area (Å²) in [7, 11) is -0.461. The van der Waals surface area contributed by atoms with E-state index in [-0.39, 0.29) is 18.5 Å². The van der Waals surface area contributed by atoms with Gasteiger partial charge in [-0.25, -0.2) is 8.42 Å². The van der Waals surface area contributed by atoms with Gasteiger partial charge in [-0.3, -0.25) is 13.9 Å². The fraction of sp³-hybridized carbons (Fsp3) is 0.417. The number of fused-ring (bicyclic) bond motifs is 1. The van der Waals surface area contributed by atoms with Gasteiger partial charge < -0.3 is 15.0 Å². The Kier molecular flexibility index (Phi) is 6.74. The average molecular weight is 474 g/mol. The number of nitrogens with zero attached hydrogens (tertiary/aromatic N) is 2. The molecule has 2 aromatic carbocycles. The summed E-state index contributed by atoms with van der Waals surface area (Å²) in [6, 6.07) is 11.7. The summed E-state index contributed by atoms with van der Waals surface area (Å²) in [6.45, 7) is 5.51. The van der Waals surface area contributed by atoms with Gasteiger partial charge in [-0.1, -0.05) is 12.1 Å². The topological polar surface area (TPSA) is 96.0 Å². The number of nitrogens with one attached hydrogen (secondary N) is 1. The van der Waals surface area contributed by atoms with Gasteiger partial charge in [-0.15, -0.1) is 0 Å². The van der Waals surface area contributed by atoms with Crippen LogP contribution in [0.2, 0.25) is 0 Å². The molecule has 0 aliphatic carbocycles. The SMILES string of the molecule is Cc1ccc2c(c1)OC(C)(C)CC2NC(=O)CN(c1ccc(C(=O)N(C)C)cc1)S(C)(=O)=O. The minimum absolute atomic E-state index is 0.193. The second-order valence-electron chi connectivity index (χ2n) is 9.24. The average Bonchev–Trinajstić information content (AvgIpc) is 2.69. The lowest BCUT2D eigenvalue weighted by molar-refractivity contribution is -0.120. The monoisotopic (exact) mass is 473 g/mol. The van der Waals surface area contributed by atoms with Crippen LogP contribution in [-0.2, 0) is 14.8 Å². The molecule has 0 fully saturated rings. The third kappa shape index (κ3) is 5.84. The Morgan fingerprint density at radius 1 is 1.12 bits per heavy atom. The summed E-state index contributed by atoms with van der Waals surface area (Å²) < 4.78 is 32.1. The van der Waals surface area contributed by atoms with Crippen LogP contribution < -0.4 is 14.4 Å². The van der Waals surface area contributed by atoms with Crippen molar-refractivity contribution in [3.8, 4) is 5.75 Å². The van der Waals surface area contributed by atoms with Crippen LogP contribution in [0.25, 0.3) is 0 Å². The number of anilines is 1. The van der Waals surface area contributed by atoms with E-state index in [9.17, 15) is 18.0 Å². The lowest BCUT2D eigenvalue weighted by Gasteiger charge is -2.38. The number of sulfonamides is 1. The van der Waals surface area contributed by atoms with Gasteiger partial charge in [0.25, 0.3) is 5.91 Å². The van der Waals surface area contributed by atoms with Gasteiger partial charge >= 0.3 is 0 Å². The van der Waals surface area contributed by atoms with Crippen LogP contribution in [0.15, 0.2) is 42.5 Å². The largest absolute Gasteiger partial charge is 0.487 e. The first-order valence-corrected chi connectivity index (χ1v) is 12.5. The molecular weight excluding hydrogens is 442 g/mol. The Bertz CT molecular complexity index is 1160. The fourth-order valence-corrected chi connectivity index (χ4v) is 4.74. The van der Waals surface area contributed by atoms with E-state index in [0.29, 0.717) is 17.7 Å². The molecule has 2 amide bonds. The van der Waals surface area contributed by atoms with Crippen molar-refractivity contribution >= 4 is 27.5 Å². The first-order chi connectivity index (χ1) is 15.3. The Morgan fingerprint density at radius 3 is 2.33 bits per heavy atom. The van der Waals surface area contributed by atoms with Crippen molar-refractivity contribution in [2.24, 2.45) is 0 Å². The molecular formula is C24H31N3O5S. The molecule has 0 spiro atoms. The van der Waals surface area contributed by atoms with Gasteiger partial charge in [0.05, 0.1) is 18.0 Å². The highest BCUT2D eigenvalue weighted by Crippen LogP contribution is 2.39. The molecule has 8 nitrogen and oxygen atoms in total. The Balaban J connectivity index is 1.82. The highest BCUT2D eigenvalue weighted by Gasteiger charge is 2.35. The number of carbonyl (C=O) groups is 2. The van der Waals surface area contributed by atoms with Crippen LogP contribution in [-0.4, -0.2) is 57.6 Å². The van der Waals surface area contributed by atoms with Crippen LogP contribution in [0, 0.1) is 6.92 Å². The highest BCUT2D eigenvalue weighted by molar-refractivity contribution is 7.92. The third-order valence-corrected chi connectivity index (χ3v) is 6.60. The molecule has 0 saturated carbocycles. The first kappa shape index (κ1) is 24.6. The van der Waals surface area contributed by atoms with Crippen LogP contribution in [0.1, 0.15) is 47.8 Å². The number of rotatable bonds is 6. The summed E-state index contributed by atoms with van der Waals surface area (Å²) in [5.74, 6) is 0.0991. The lowest BCUT2D eigenvalue weighted by atomic mass is 9.89. The van der Waals surface area contributed by atoms with Crippen LogP contribution in [0.4, 0.5) is 5.69 Å². The van der Waals surface area contributed by atoms with Gasteiger partial charge in [0.1, 0.15) is 17.9 Å². The number of hydrogen-bond acceptors (Lipinski definition) is 5. The standard InChI is InChI=1S/C24H31N3O5S/c1-16-7-12-19-20(14-24(2,3)32-21(19)13-16)25-22(28)15-27(33(6,30)31)18-10-8-17(9-11-18)23(29)26(4)5/h7-13,20H,14-15H2,1-6H3,(H,25,28). The minimum Gasteiger partial charge on any atom is -0.487 e. The Hall–Kier alpha value is -3.07. The summed E-state index contributed by atoms with van der Waals surface area (Å²) in [5.41, 5.74) is 2.18. The lowest BCUT2D eigenvalue weighted by Crippen LogP contribution is -2.45. The number of aryl methyl sites for hydroxylation is 1. The second-order valence-corrected chi connectivity index (χ2v) is 11.2. The normalized spacial score (nSPS) is 16.8. The molecule has 1 aliphatic rings. The van der Waals surface area contributed by atoms with Crippen LogP contribution >= 0.6 is 0 Å². The molecule has 1 unspecified atom stereocenters. The first-order valence-electron chi connectivity index (χ1n) is 10.7. The Labute approximate surface area is 195 Å². The molecule has 178 valence electrons. The van der Waals surface area contributed by atoms with Crippen molar-refractivity contribution < 1.29 is 22.7 Å². The van der Waals surface area contributed by atoms with E-state index in [1.807, 2.05) is 39.0 Å². The molecule has 0 saturated heterocycles. The summed E-state index contributed by atoms with van der Waals surface area (Å²) in [4.78, 5) is 26.5. The molecule has 0 aromatic heterocycles. The number of hydrogen-bond donors (Lipinski definition) is 1. The summed E-state index contributed by atoms with van der Waals surface area (Å²) in [5, 5.41) is 2.98. The quantitative estimate of drug-likeness (QED) is 0.696. The van der Waals surface area contributed by atoms with Crippen molar-refractivity contribution in [1.82, 2.24) is 10.2 Å². The van der Waals surface area contributed by atoms with Gasteiger partial charge in [0, 0.05) is 31.6 Å². The number of carbonyl (C=O) groups excluding carboxylic acids is 2. The summed E-state index contributed by atoms with van der Waals surface area (Å²) >= 11 is 0.